The molecule has 2 amide bonds. The number of carbonyl (C=O) groups is 1. The Morgan fingerprint density at radius 1 is 0.963 bits per heavy atom. The number of hydrogen-bond donors (Lipinski definition) is 2. The topological polar surface area (TPSA) is 81.7 Å². The lowest BCUT2D eigenvalue weighted by molar-refractivity contribution is 0.262. The molecule has 1 aromatic heterocycles. The highest BCUT2D eigenvalue weighted by Crippen LogP contribution is 2.35. The van der Waals surface area contributed by atoms with E-state index in [1.54, 1.807) is 45.6 Å². The maximum Gasteiger partial charge on any atom is 0.325 e. The highest BCUT2D eigenvalue weighted by atomic mass is 32.1. The van der Waals surface area contributed by atoms with Gasteiger partial charge in [-0.05, 0) is 30.3 Å². The van der Waals surface area contributed by atoms with Crippen molar-refractivity contribution in [2.75, 3.05) is 32.0 Å². The van der Waals surface area contributed by atoms with E-state index in [4.69, 9.17) is 14.2 Å². The molecule has 8 heteroatoms. The molecule has 27 heavy (non-hydrogen) atoms. The van der Waals surface area contributed by atoms with Crippen LogP contribution in [0.15, 0.2) is 47.8 Å². The van der Waals surface area contributed by atoms with Crippen molar-refractivity contribution in [3.8, 4) is 28.5 Å². The minimum Gasteiger partial charge on any atom is -0.497 e. The van der Waals surface area contributed by atoms with Gasteiger partial charge < -0.3 is 19.5 Å². The number of rotatable bonds is 6. The Morgan fingerprint density at radius 2 is 1.74 bits per heavy atom. The number of ether oxygens (including phenoxy) is 3. The zero-order valence-corrected chi connectivity index (χ0v) is 15.9. The molecule has 7 nitrogen and oxygen atoms in total. The van der Waals surface area contributed by atoms with Gasteiger partial charge in [0.05, 0.1) is 27.0 Å². The Morgan fingerprint density at radius 3 is 2.48 bits per heavy atom. The van der Waals surface area contributed by atoms with Gasteiger partial charge in [0.1, 0.15) is 17.2 Å². The van der Waals surface area contributed by atoms with Crippen LogP contribution in [0.2, 0.25) is 0 Å². The van der Waals surface area contributed by atoms with Crippen molar-refractivity contribution < 1.29 is 19.0 Å². The number of methoxy groups -OCH3 is 3. The molecule has 140 valence electrons. The third-order valence-electron chi connectivity index (χ3n) is 3.73. The second-order valence-corrected chi connectivity index (χ2v) is 6.27. The molecule has 3 aromatic rings. The molecular weight excluding hydrogens is 366 g/mol. The molecule has 0 atom stereocenters. The van der Waals surface area contributed by atoms with Gasteiger partial charge in [-0.2, -0.15) is 0 Å². The zero-order valence-electron chi connectivity index (χ0n) is 15.1. The quantitative estimate of drug-likeness (QED) is 0.654. The standard InChI is InChI=1S/C19H19N3O4S/c1-24-13-6-4-5-12(9-13)20-18(23)22-19-21-16(11-27-19)15-10-14(25-2)7-8-17(15)26-3/h4-11H,1-3H3,(H2,20,21,22,23). The van der Waals surface area contributed by atoms with Gasteiger partial charge in [0, 0.05) is 22.7 Å². The van der Waals surface area contributed by atoms with Crippen LogP contribution in [0.5, 0.6) is 17.2 Å². The van der Waals surface area contributed by atoms with E-state index in [9.17, 15) is 4.79 Å². The van der Waals surface area contributed by atoms with E-state index in [2.05, 4.69) is 15.6 Å². The number of carbonyl (C=O) groups excluding carboxylic acids is 1. The zero-order chi connectivity index (χ0) is 19.2. The van der Waals surface area contributed by atoms with E-state index in [1.807, 2.05) is 23.6 Å². The molecule has 3 rings (SSSR count). The van der Waals surface area contributed by atoms with Gasteiger partial charge in [-0.15, -0.1) is 11.3 Å². The molecule has 0 aliphatic rings. The largest absolute Gasteiger partial charge is 0.497 e. The molecule has 0 aliphatic carbocycles. The molecule has 0 radical (unpaired) electrons. The second-order valence-electron chi connectivity index (χ2n) is 5.42. The lowest BCUT2D eigenvalue weighted by Gasteiger charge is -2.08. The van der Waals surface area contributed by atoms with Crippen LogP contribution in [0.3, 0.4) is 0 Å². The van der Waals surface area contributed by atoms with E-state index in [-0.39, 0.29) is 6.03 Å². The normalized spacial score (nSPS) is 10.2. The minimum absolute atomic E-state index is 0.387. The first-order valence-corrected chi connectivity index (χ1v) is 8.91. The Bertz CT molecular complexity index is 942. The number of nitrogens with one attached hydrogen (secondary N) is 2. The van der Waals surface area contributed by atoms with Crippen LogP contribution in [0.25, 0.3) is 11.3 Å². The minimum atomic E-state index is -0.387. The summed E-state index contributed by atoms with van der Waals surface area (Å²) in [4.78, 5) is 16.7. The Labute approximate surface area is 160 Å². The average molecular weight is 385 g/mol. The third-order valence-corrected chi connectivity index (χ3v) is 4.49. The van der Waals surface area contributed by atoms with Crippen molar-refractivity contribution in [2.24, 2.45) is 0 Å². The van der Waals surface area contributed by atoms with E-state index in [0.717, 1.165) is 5.56 Å². The summed E-state index contributed by atoms with van der Waals surface area (Å²) in [5.41, 5.74) is 2.10. The van der Waals surface area contributed by atoms with Gasteiger partial charge in [-0.1, -0.05) is 6.07 Å². The van der Waals surface area contributed by atoms with Crippen LogP contribution in [-0.4, -0.2) is 32.3 Å². The van der Waals surface area contributed by atoms with E-state index in [0.29, 0.717) is 33.8 Å². The Hall–Kier alpha value is -3.26. The third kappa shape index (κ3) is 4.48. The number of aromatic nitrogens is 1. The van der Waals surface area contributed by atoms with Gasteiger partial charge in [-0.3, -0.25) is 5.32 Å². The summed E-state index contributed by atoms with van der Waals surface area (Å²) in [5.74, 6) is 2.03. The molecule has 2 N–H and O–H groups in total. The monoisotopic (exact) mass is 385 g/mol. The summed E-state index contributed by atoms with van der Waals surface area (Å²) >= 11 is 1.32. The maximum atomic E-state index is 12.2. The van der Waals surface area contributed by atoms with Crippen LogP contribution in [0.4, 0.5) is 15.6 Å². The van der Waals surface area contributed by atoms with Crippen LogP contribution in [0.1, 0.15) is 0 Å². The summed E-state index contributed by atoms with van der Waals surface area (Å²) in [5, 5.41) is 7.79. The van der Waals surface area contributed by atoms with Gasteiger partial charge in [-0.25, -0.2) is 9.78 Å². The van der Waals surface area contributed by atoms with Crippen molar-refractivity contribution in [3.05, 3.63) is 47.8 Å². The fraction of sp³-hybridized carbons (Fsp3) is 0.158. The molecule has 0 fully saturated rings. The number of nitrogens with zero attached hydrogens (tertiary/aromatic N) is 1. The summed E-state index contributed by atoms with van der Waals surface area (Å²) in [6.45, 7) is 0. The number of amides is 2. The molecule has 0 aliphatic heterocycles. The molecular formula is C19H19N3O4S. The Kier molecular flexibility index (Phi) is 5.77. The summed E-state index contributed by atoms with van der Waals surface area (Å²) in [6.07, 6.45) is 0. The van der Waals surface area contributed by atoms with Crippen LogP contribution in [0, 0.1) is 0 Å². The molecule has 0 saturated carbocycles. The average Bonchev–Trinajstić information content (AvgIpc) is 3.15. The van der Waals surface area contributed by atoms with Gasteiger partial charge in [0.25, 0.3) is 0 Å². The number of benzene rings is 2. The van der Waals surface area contributed by atoms with Crippen molar-refractivity contribution in [2.45, 2.75) is 0 Å². The predicted octanol–water partition coefficient (Wildman–Crippen LogP) is 4.48. The molecule has 0 saturated heterocycles. The molecule has 0 unspecified atom stereocenters. The first kappa shape index (κ1) is 18.5. The van der Waals surface area contributed by atoms with Crippen LogP contribution < -0.4 is 24.8 Å². The van der Waals surface area contributed by atoms with Crippen molar-refractivity contribution in [1.29, 1.82) is 0 Å². The molecule has 0 spiro atoms. The number of hydrogen-bond acceptors (Lipinski definition) is 6. The van der Waals surface area contributed by atoms with Gasteiger partial charge in [0.15, 0.2) is 5.13 Å². The van der Waals surface area contributed by atoms with Crippen LogP contribution >= 0.6 is 11.3 Å². The number of anilines is 2. The second kappa shape index (κ2) is 8.41. The van der Waals surface area contributed by atoms with Gasteiger partial charge >= 0.3 is 6.03 Å². The smallest absolute Gasteiger partial charge is 0.325 e. The van der Waals surface area contributed by atoms with Crippen LogP contribution in [-0.2, 0) is 0 Å². The Balaban J connectivity index is 1.73. The molecule has 1 heterocycles. The van der Waals surface area contributed by atoms with E-state index < -0.39 is 0 Å². The van der Waals surface area contributed by atoms with Crippen molar-refractivity contribution >= 4 is 28.2 Å². The molecule has 0 bridgehead atoms. The highest BCUT2D eigenvalue weighted by molar-refractivity contribution is 7.14. The number of urea groups is 1. The fourth-order valence-electron chi connectivity index (χ4n) is 2.43. The SMILES string of the molecule is COc1cccc(NC(=O)Nc2nc(-c3cc(OC)ccc3OC)cs2)c1. The summed E-state index contributed by atoms with van der Waals surface area (Å²) in [6, 6.07) is 12.2. The highest BCUT2D eigenvalue weighted by Gasteiger charge is 2.13. The maximum absolute atomic E-state index is 12.2. The molecule has 2 aromatic carbocycles. The van der Waals surface area contributed by atoms with Crippen molar-refractivity contribution in [3.63, 3.8) is 0 Å². The van der Waals surface area contributed by atoms with E-state index in [1.165, 1.54) is 11.3 Å². The van der Waals surface area contributed by atoms with E-state index >= 15 is 0 Å². The lowest BCUT2D eigenvalue weighted by Crippen LogP contribution is -2.19. The number of thiazole rings is 1. The summed E-state index contributed by atoms with van der Waals surface area (Å²) in [7, 11) is 4.77. The van der Waals surface area contributed by atoms with Gasteiger partial charge in [0.2, 0.25) is 0 Å². The first-order chi connectivity index (χ1) is 13.1. The summed E-state index contributed by atoms with van der Waals surface area (Å²) < 4.78 is 15.8. The lowest BCUT2D eigenvalue weighted by atomic mass is 10.1. The fourth-order valence-corrected chi connectivity index (χ4v) is 3.13. The van der Waals surface area contributed by atoms with Crippen molar-refractivity contribution in [1.82, 2.24) is 4.98 Å². The predicted molar refractivity (Wildman–Crippen MR) is 106 cm³/mol. The first-order valence-electron chi connectivity index (χ1n) is 8.03.